The summed E-state index contributed by atoms with van der Waals surface area (Å²) in [6, 6.07) is 3.19. The number of nitro groups is 1. The molecule has 13 heavy (non-hydrogen) atoms. The summed E-state index contributed by atoms with van der Waals surface area (Å²) >= 11 is 0. The van der Waals surface area contributed by atoms with Crippen molar-refractivity contribution in [2.45, 2.75) is 0 Å². The van der Waals surface area contributed by atoms with Gasteiger partial charge in [-0.25, -0.2) is 0 Å². The Balaban J connectivity index is 3.18. The molecule has 68 valence electrons. The Morgan fingerprint density at radius 3 is 2.85 bits per heavy atom. The van der Waals surface area contributed by atoms with E-state index in [4.69, 9.17) is 5.21 Å². The first-order valence-corrected chi connectivity index (χ1v) is 3.26. The molecule has 6 heteroatoms. The summed E-state index contributed by atoms with van der Waals surface area (Å²) in [5, 5.41) is 21.0. The lowest BCUT2D eigenvalue weighted by atomic mass is 10.2. The van der Waals surface area contributed by atoms with Crippen LogP contribution in [0.4, 0.5) is 10.1 Å². The second kappa shape index (κ2) is 3.61. The summed E-state index contributed by atoms with van der Waals surface area (Å²) in [5.74, 6) is -0.917. The van der Waals surface area contributed by atoms with E-state index in [9.17, 15) is 14.5 Å². The van der Waals surface area contributed by atoms with Gasteiger partial charge in [0.25, 0.3) is 0 Å². The molecule has 1 aromatic rings. The zero-order chi connectivity index (χ0) is 9.84. The number of benzene rings is 1. The highest BCUT2D eigenvalue weighted by Crippen LogP contribution is 2.17. The molecule has 5 nitrogen and oxygen atoms in total. The van der Waals surface area contributed by atoms with Crippen LogP contribution in [0.1, 0.15) is 5.56 Å². The lowest BCUT2D eigenvalue weighted by Crippen LogP contribution is -1.93. The van der Waals surface area contributed by atoms with Gasteiger partial charge in [0.05, 0.1) is 11.1 Å². The van der Waals surface area contributed by atoms with Gasteiger partial charge in [0.1, 0.15) is 0 Å². The highest BCUT2D eigenvalue weighted by atomic mass is 19.1. The summed E-state index contributed by atoms with van der Waals surface area (Å²) in [6.07, 6.45) is 0.979. The minimum atomic E-state index is -0.917. The third-order valence-corrected chi connectivity index (χ3v) is 1.37. The predicted molar refractivity (Wildman–Crippen MR) is 42.4 cm³/mol. The minimum absolute atomic E-state index is 0.260. The number of hydrogen-bond acceptors (Lipinski definition) is 4. The fourth-order valence-electron chi connectivity index (χ4n) is 0.817. The van der Waals surface area contributed by atoms with Gasteiger partial charge in [-0.15, -0.1) is 0 Å². The van der Waals surface area contributed by atoms with E-state index in [2.05, 4.69) is 5.16 Å². The highest BCUT2D eigenvalue weighted by molar-refractivity contribution is 5.80. The molecule has 0 saturated carbocycles. The Labute approximate surface area is 72.3 Å². The Kier molecular flexibility index (Phi) is 2.53. The largest absolute Gasteiger partial charge is 0.411 e. The summed E-state index contributed by atoms with van der Waals surface area (Å²) in [6.45, 7) is 0. The van der Waals surface area contributed by atoms with E-state index in [-0.39, 0.29) is 5.56 Å². The number of nitrogens with zero attached hydrogens (tertiary/aromatic N) is 2. The summed E-state index contributed by atoms with van der Waals surface area (Å²) < 4.78 is 12.7. The molecule has 0 unspecified atom stereocenters. The van der Waals surface area contributed by atoms with E-state index in [1.807, 2.05) is 0 Å². The molecule has 0 aliphatic rings. The minimum Gasteiger partial charge on any atom is -0.411 e. The van der Waals surface area contributed by atoms with Gasteiger partial charge in [-0.3, -0.25) is 10.1 Å². The zero-order valence-electron chi connectivity index (χ0n) is 6.35. The van der Waals surface area contributed by atoms with Crippen molar-refractivity contribution in [3.8, 4) is 0 Å². The number of nitro benzene ring substituents is 1. The van der Waals surface area contributed by atoms with Crippen LogP contribution in [-0.4, -0.2) is 16.3 Å². The molecule has 0 aromatic heterocycles. The second-order valence-electron chi connectivity index (χ2n) is 2.21. The standard InChI is InChI=1S/C7H5FN2O3/c8-6-2-1-5(4-9-11)3-7(6)10(12)13/h1-4,11H/b9-4+. The first kappa shape index (κ1) is 9.11. The number of hydrogen-bond donors (Lipinski definition) is 1. The van der Waals surface area contributed by atoms with Gasteiger partial charge in [0, 0.05) is 11.6 Å². The Morgan fingerprint density at radius 1 is 1.62 bits per heavy atom. The maximum Gasteiger partial charge on any atom is 0.305 e. The molecular weight excluding hydrogens is 179 g/mol. The fraction of sp³-hybridized carbons (Fsp3) is 0. The molecule has 1 rings (SSSR count). The molecule has 0 radical (unpaired) electrons. The maximum atomic E-state index is 12.7. The number of halogens is 1. The van der Waals surface area contributed by atoms with Crippen molar-refractivity contribution >= 4 is 11.9 Å². The van der Waals surface area contributed by atoms with Crippen molar-refractivity contribution in [1.29, 1.82) is 0 Å². The van der Waals surface area contributed by atoms with Crippen LogP contribution in [0.2, 0.25) is 0 Å². The highest BCUT2D eigenvalue weighted by Gasteiger charge is 2.13. The number of oxime groups is 1. The molecule has 0 aliphatic heterocycles. The molecule has 0 saturated heterocycles. The van der Waals surface area contributed by atoms with E-state index >= 15 is 0 Å². The average molecular weight is 184 g/mol. The van der Waals surface area contributed by atoms with Crippen LogP contribution in [0, 0.1) is 15.9 Å². The van der Waals surface area contributed by atoms with E-state index in [1.165, 1.54) is 6.07 Å². The van der Waals surface area contributed by atoms with Crippen LogP contribution in [0.3, 0.4) is 0 Å². The third kappa shape index (κ3) is 1.98. The fourth-order valence-corrected chi connectivity index (χ4v) is 0.817. The lowest BCUT2D eigenvalue weighted by molar-refractivity contribution is -0.387. The molecule has 1 aromatic carbocycles. The maximum absolute atomic E-state index is 12.7. The molecule has 0 spiro atoms. The van der Waals surface area contributed by atoms with E-state index in [0.717, 1.165) is 18.3 Å². The first-order valence-electron chi connectivity index (χ1n) is 3.26. The van der Waals surface area contributed by atoms with Gasteiger partial charge in [0.2, 0.25) is 5.82 Å². The Bertz CT molecular complexity index is 365. The van der Waals surface area contributed by atoms with Gasteiger partial charge < -0.3 is 5.21 Å². The smallest absolute Gasteiger partial charge is 0.305 e. The van der Waals surface area contributed by atoms with Gasteiger partial charge in [-0.1, -0.05) is 5.16 Å². The molecule has 0 bridgehead atoms. The summed E-state index contributed by atoms with van der Waals surface area (Å²) in [5.41, 5.74) is -0.381. The van der Waals surface area contributed by atoms with Gasteiger partial charge >= 0.3 is 5.69 Å². The van der Waals surface area contributed by atoms with Gasteiger partial charge in [-0.2, -0.15) is 4.39 Å². The third-order valence-electron chi connectivity index (χ3n) is 1.37. The summed E-state index contributed by atoms with van der Waals surface area (Å²) in [7, 11) is 0. The Morgan fingerprint density at radius 2 is 2.31 bits per heavy atom. The van der Waals surface area contributed by atoms with Crippen LogP contribution in [-0.2, 0) is 0 Å². The monoisotopic (exact) mass is 184 g/mol. The van der Waals surface area contributed by atoms with Crippen molar-refractivity contribution in [3.63, 3.8) is 0 Å². The topological polar surface area (TPSA) is 75.7 Å². The first-order chi connectivity index (χ1) is 6.15. The van der Waals surface area contributed by atoms with Crippen molar-refractivity contribution < 1.29 is 14.5 Å². The second-order valence-corrected chi connectivity index (χ2v) is 2.21. The summed E-state index contributed by atoms with van der Waals surface area (Å²) in [4.78, 5) is 9.39. The van der Waals surface area contributed by atoms with E-state index in [1.54, 1.807) is 0 Å². The molecular formula is C7H5FN2O3. The molecule has 0 fully saturated rings. The van der Waals surface area contributed by atoms with Crippen molar-refractivity contribution in [2.75, 3.05) is 0 Å². The van der Waals surface area contributed by atoms with Crippen molar-refractivity contribution in [3.05, 3.63) is 39.7 Å². The molecule has 0 amide bonds. The number of rotatable bonds is 2. The SMILES string of the molecule is O=[N+]([O-])c1cc(/C=N/O)ccc1F. The van der Waals surface area contributed by atoms with Crippen LogP contribution in [0.15, 0.2) is 23.4 Å². The van der Waals surface area contributed by atoms with Crippen LogP contribution >= 0.6 is 0 Å². The predicted octanol–water partition coefficient (Wildman–Crippen LogP) is 1.54. The van der Waals surface area contributed by atoms with Crippen LogP contribution < -0.4 is 0 Å². The zero-order valence-corrected chi connectivity index (χ0v) is 6.35. The van der Waals surface area contributed by atoms with Crippen molar-refractivity contribution in [2.24, 2.45) is 5.16 Å². The molecule has 1 N–H and O–H groups in total. The van der Waals surface area contributed by atoms with E-state index in [0.29, 0.717) is 0 Å². The average Bonchev–Trinajstić information content (AvgIpc) is 2.08. The van der Waals surface area contributed by atoms with Crippen LogP contribution in [0.5, 0.6) is 0 Å². The van der Waals surface area contributed by atoms with Gasteiger partial charge in [0.15, 0.2) is 0 Å². The van der Waals surface area contributed by atoms with Crippen LogP contribution in [0.25, 0.3) is 0 Å². The quantitative estimate of drug-likeness (QED) is 0.328. The van der Waals surface area contributed by atoms with E-state index < -0.39 is 16.4 Å². The molecule has 0 atom stereocenters. The molecule has 0 heterocycles. The lowest BCUT2D eigenvalue weighted by Gasteiger charge is -1.94. The van der Waals surface area contributed by atoms with Gasteiger partial charge in [-0.05, 0) is 12.1 Å². The van der Waals surface area contributed by atoms with Crippen molar-refractivity contribution in [1.82, 2.24) is 0 Å². The Hall–Kier alpha value is -1.98. The normalized spacial score (nSPS) is 10.5. The molecule has 0 aliphatic carbocycles.